The molecule has 1 saturated heterocycles. The number of nitrogens with zero attached hydrogens (tertiary/aromatic N) is 1. The van der Waals surface area contributed by atoms with E-state index in [1.807, 2.05) is 36.1 Å². The van der Waals surface area contributed by atoms with Crippen LogP contribution in [0, 0.1) is 18.8 Å². The zero-order valence-electron chi connectivity index (χ0n) is 17.0. The molecule has 1 saturated carbocycles. The van der Waals surface area contributed by atoms with Gasteiger partial charge in [0.1, 0.15) is 0 Å². The predicted octanol–water partition coefficient (Wildman–Crippen LogP) is 3.29. The van der Waals surface area contributed by atoms with Crippen LogP contribution < -0.4 is 5.32 Å². The lowest BCUT2D eigenvalue weighted by Crippen LogP contribution is -2.46. The second-order valence-electron chi connectivity index (χ2n) is 8.56. The van der Waals surface area contributed by atoms with Crippen molar-refractivity contribution in [2.45, 2.75) is 64.3 Å². The lowest BCUT2D eigenvalue weighted by Gasteiger charge is -2.33. The summed E-state index contributed by atoms with van der Waals surface area (Å²) in [6.45, 7) is 3.23. The second kappa shape index (κ2) is 10.1. The van der Waals surface area contributed by atoms with Crippen molar-refractivity contribution in [1.29, 1.82) is 0 Å². The number of amides is 2. The van der Waals surface area contributed by atoms with E-state index in [1.54, 1.807) is 0 Å². The normalized spacial score (nSPS) is 20.0. The molecular formula is C23H34N2O3. The van der Waals surface area contributed by atoms with E-state index in [1.165, 1.54) is 32.1 Å². The van der Waals surface area contributed by atoms with Crippen molar-refractivity contribution >= 4 is 11.8 Å². The highest BCUT2D eigenvalue weighted by atomic mass is 16.3. The predicted molar refractivity (Wildman–Crippen MR) is 110 cm³/mol. The molecule has 0 radical (unpaired) electrons. The number of aliphatic hydroxyl groups excluding tert-OH is 1. The van der Waals surface area contributed by atoms with Gasteiger partial charge in [0.25, 0.3) is 5.91 Å². The summed E-state index contributed by atoms with van der Waals surface area (Å²) in [5, 5.41) is 12.8. The highest BCUT2D eigenvalue weighted by Crippen LogP contribution is 2.27. The third-order valence-corrected chi connectivity index (χ3v) is 6.36. The van der Waals surface area contributed by atoms with E-state index in [0.717, 1.165) is 12.0 Å². The van der Waals surface area contributed by atoms with Gasteiger partial charge in [0.2, 0.25) is 5.91 Å². The molecule has 2 fully saturated rings. The van der Waals surface area contributed by atoms with Crippen LogP contribution in [0.25, 0.3) is 0 Å². The topological polar surface area (TPSA) is 69.6 Å². The fraction of sp³-hybridized carbons (Fsp3) is 0.652. The number of piperidine rings is 1. The molecule has 1 aliphatic carbocycles. The van der Waals surface area contributed by atoms with E-state index in [4.69, 9.17) is 0 Å². The minimum absolute atomic E-state index is 0.00694. The SMILES string of the molecule is Cc1ccc(C(=O)N2CCC(C(=O)N[C@H](CO)CC3CCCCC3)CC2)cc1. The first-order valence-corrected chi connectivity index (χ1v) is 10.8. The van der Waals surface area contributed by atoms with E-state index in [9.17, 15) is 14.7 Å². The Bertz CT molecular complexity index is 644. The summed E-state index contributed by atoms with van der Waals surface area (Å²) < 4.78 is 0. The Kier molecular flexibility index (Phi) is 7.49. The number of benzene rings is 1. The Morgan fingerprint density at radius 3 is 2.32 bits per heavy atom. The molecule has 1 aromatic rings. The number of aliphatic hydroxyl groups is 1. The van der Waals surface area contributed by atoms with Crippen molar-refractivity contribution in [2.24, 2.45) is 11.8 Å². The molecule has 3 rings (SSSR count). The maximum absolute atomic E-state index is 12.7. The summed E-state index contributed by atoms with van der Waals surface area (Å²) >= 11 is 0. The van der Waals surface area contributed by atoms with Gasteiger partial charge in [-0.05, 0) is 44.2 Å². The van der Waals surface area contributed by atoms with Crippen LogP contribution in [0.3, 0.4) is 0 Å². The molecule has 1 aromatic carbocycles. The average molecular weight is 387 g/mol. The smallest absolute Gasteiger partial charge is 0.253 e. The van der Waals surface area contributed by atoms with Gasteiger partial charge in [-0.25, -0.2) is 0 Å². The molecule has 0 bridgehead atoms. The largest absolute Gasteiger partial charge is 0.394 e. The molecule has 1 atom stereocenters. The molecule has 5 nitrogen and oxygen atoms in total. The number of likely N-dealkylation sites (tertiary alicyclic amines) is 1. The second-order valence-corrected chi connectivity index (χ2v) is 8.56. The van der Waals surface area contributed by atoms with Crippen molar-refractivity contribution in [2.75, 3.05) is 19.7 Å². The van der Waals surface area contributed by atoms with E-state index in [0.29, 0.717) is 37.4 Å². The van der Waals surface area contributed by atoms with Crippen LogP contribution in [-0.2, 0) is 4.79 Å². The molecule has 1 heterocycles. The first kappa shape index (κ1) is 20.8. The molecule has 154 valence electrons. The number of hydrogen-bond donors (Lipinski definition) is 2. The summed E-state index contributed by atoms with van der Waals surface area (Å²) in [5.41, 5.74) is 1.85. The molecule has 28 heavy (non-hydrogen) atoms. The summed E-state index contributed by atoms with van der Waals surface area (Å²) in [4.78, 5) is 27.1. The maximum Gasteiger partial charge on any atom is 0.253 e. The molecule has 5 heteroatoms. The van der Waals surface area contributed by atoms with Gasteiger partial charge in [0, 0.05) is 24.6 Å². The number of aryl methyl sites for hydroxylation is 1. The molecule has 2 aliphatic rings. The van der Waals surface area contributed by atoms with E-state index >= 15 is 0 Å². The average Bonchev–Trinajstić information content (AvgIpc) is 2.74. The zero-order valence-corrected chi connectivity index (χ0v) is 17.0. The Morgan fingerprint density at radius 1 is 1.07 bits per heavy atom. The first-order valence-electron chi connectivity index (χ1n) is 10.8. The quantitative estimate of drug-likeness (QED) is 0.788. The maximum atomic E-state index is 12.7. The Morgan fingerprint density at radius 2 is 1.71 bits per heavy atom. The van der Waals surface area contributed by atoms with Gasteiger partial charge in [-0.2, -0.15) is 0 Å². The molecule has 2 N–H and O–H groups in total. The first-order chi connectivity index (χ1) is 13.6. The van der Waals surface area contributed by atoms with Crippen molar-refractivity contribution in [3.63, 3.8) is 0 Å². The number of hydrogen-bond acceptors (Lipinski definition) is 3. The highest BCUT2D eigenvalue weighted by Gasteiger charge is 2.29. The van der Waals surface area contributed by atoms with Gasteiger partial charge >= 0.3 is 0 Å². The van der Waals surface area contributed by atoms with E-state index < -0.39 is 0 Å². The fourth-order valence-corrected chi connectivity index (χ4v) is 4.55. The van der Waals surface area contributed by atoms with E-state index in [2.05, 4.69) is 5.32 Å². The van der Waals surface area contributed by atoms with Crippen molar-refractivity contribution < 1.29 is 14.7 Å². The molecule has 0 spiro atoms. The number of rotatable bonds is 6. The van der Waals surface area contributed by atoms with Crippen molar-refractivity contribution in [1.82, 2.24) is 10.2 Å². The van der Waals surface area contributed by atoms with Crippen LogP contribution in [-0.4, -0.2) is 47.6 Å². The van der Waals surface area contributed by atoms with E-state index in [-0.39, 0.29) is 30.4 Å². The lowest BCUT2D eigenvalue weighted by molar-refractivity contribution is -0.127. The molecule has 0 aromatic heterocycles. The Hall–Kier alpha value is -1.88. The summed E-state index contributed by atoms with van der Waals surface area (Å²) in [7, 11) is 0. The summed E-state index contributed by atoms with van der Waals surface area (Å²) in [5.74, 6) is 0.643. The van der Waals surface area contributed by atoms with Gasteiger partial charge in [-0.3, -0.25) is 9.59 Å². The monoisotopic (exact) mass is 386 g/mol. The Balaban J connectivity index is 1.46. The van der Waals surface area contributed by atoms with Crippen LogP contribution >= 0.6 is 0 Å². The number of carbonyl (C=O) groups excluding carboxylic acids is 2. The van der Waals surface area contributed by atoms with Crippen LogP contribution in [0.2, 0.25) is 0 Å². The van der Waals surface area contributed by atoms with Gasteiger partial charge in [-0.15, -0.1) is 0 Å². The minimum Gasteiger partial charge on any atom is -0.394 e. The third-order valence-electron chi connectivity index (χ3n) is 6.36. The van der Waals surface area contributed by atoms with Gasteiger partial charge in [0.15, 0.2) is 0 Å². The molecular weight excluding hydrogens is 352 g/mol. The van der Waals surface area contributed by atoms with Gasteiger partial charge in [-0.1, -0.05) is 49.8 Å². The lowest BCUT2D eigenvalue weighted by atomic mass is 9.84. The highest BCUT2D eigenvalue weighted by molar-refractivity contribution is 5.94. The minimum atomic E-state index is -0.136. The van der Waals surface area contributed by atoms with Crippen LogP contribution in [0.4, 0.5) is 0 Å². The molecule has 0 unspecified atom stereocenters. The number of carbonyl (C=O) groups is 2. The van der Waals surface area contributed by atoms with Crippen LogP contribution in [0.5, 0.6) is 0 Å². The molecule has 2 amide bonds. The standard InChI is InChI=1S/C23H34N2O3/c1-17-7-9-20(10-8-17)23(28)25-13-11-19(12-14-25)22(27)24-21(16-26)15-18-5-3-2-4-6-18/h7-10,18-19,21,26H,2-6,11-16H2,1H3,(H,24,27)/t21-/m0/s1. The molecule has 1 aliphatic heterocycles. The fourth-order valence-electron chi connectivity index (χ4n) is 4.55. The number of nitrogens with one attached hydrogen (secondary N) is 1. The van der Waals surface area contributed by atoms with Crippen LogP contribution in [0.1, 0.15) is 67.3 Å². The van der Waals surface area contributed by atoms with Crippen LogP contribution in [0.15, 0.2) is 24.3 Å². The van der Waals surface area contributed by atoms with Gasteiger partial charge < -0.3 is 15.3 Å². The zero-order chi connectivity index (χ0) is 19.9. The Labute approximate surface area is 168 Å². The van der Waals surface area contributed by atoms with Gasteiger partial charge in [0.05, 0.1) is 12.6 Å². The third kappa shape index (κ3) is 5.57. The summed E-state index contributed by atoms with van der Waals surface area (Å²) in [6, 6.07) is 7.51. The van der Waals surface area contributed by atoms with Crippen molar-refractivity contribution in [3.05, 3.63) is 35.4 Å². The summed E-state index contributed by atoms with van der Waals surface area (Å²) in [6.07, 6.45) is 8.53. The van der Waals surface area contributed by atoms with Crippen molar-refractivity contribution in [3.8, 4) is 0 Å².